The molecule has 0 fully saturated rings. The van der Waals surface area contributed by atoms with Gasteiger partial charge in [0.2, 0.25) is 0 Å². The lowest BCUT2D eigenvalue weighted by Gasteiger charge is -2.05. The smallest absolute Gasteiger partial charge is 0.0928 e. The Labute approximate surface area is 100 Å². The average Bonchev–Trinajstić information content (AvgIpc) is 2.66. The van der Waals surface area contributed by atoms with Crippen molar-refractivity contribution in [1.82, 2.24) is 4.98 Å². The van der Waals surface area contributed by atoms with E-state index in [2.05, 4.69) is 24.2 Å². The normalized spacial score (nSPS) is 13.0. The number of thioether (sulfide) groups is 1. The third-order valence-electron chi connectivity index (χ3n) is 2.03. The predicted molar refractivity (Wildman–Crippen MR) is 68.5 cm³/mol. The number of nitrogens with zero attached hydrogens (tertiary/aromatic N) is 1. The van der Waals surface area contributed by atoms with E-state index in [1.807, 2.05) is 11.8 Å². The van der Waals surface area contributed by atoms with Crippen molar-refractivity contribution >= 4 is 23.1 Å². The van der Waals surface area contributed by atoms with E-state index in [1.165, 1.54) is 17.1 Å². The number of hydrogen-bond donors (Lipinski definition) is 1. The molecule has 15 heavy (non-hydrogen) atoms. The Balaban J connectivity index is 2.25. The average molecular weight is 245 g/mol. The number of aliphatic hydroxyl groups excluding tert-OH is 1. The second-order valence-corrected chi connectivity index (χ2v) is 5.76. The van der Waals surface area contributed by atoms with Crippen LogP contribution in [0.5, 0.6) is 0 Å². The Morgan fingerprint density at radius 1 is 1.60 bits per heavy atom. The van der Waals surface area contributed by atoms with E-state index in [9.17, 15) is 0 Å². The fraction of sp³-hybridized carbons (Fsp3) is 0.727. The minimum absolute atomic E-state index is 0.283. The van der Waals surface area contributed by atoms with Crippen LogP contribution in [0.3, 0.4) is 0 Å². The van der Waals surface area contributed by atoms with Crippen molar-refractivity contribution in [1.29, 1.82) is 0 Å². The van der Waals surface area contributed by atoms with Gasteiger partial charge in [-0.2, -0.15) is 11.8 Å². The standard InChI is InChI=1S/C11H19NOS2/c1-3-4-11-12-10(8-15-11)7-14-6-9(2)5-13/h8-9,13H,3-7H2,1-2H3. The molecule has 0 saturated heterocycles. The molecule has 0 radical (unpaired) electrons. The molecule has 1 rings (SSSR count). The summed E-state index contributed by atoms with van der Waals surface area (Å²) in [6.45, 7) is 4.53. The monoisotopic (exact) mass is 245 g/mol. The molecule has 0 amide bonds. The molecule has 0 aliphatic carbocycles. The van der Waals surface area contributed by atoms with E-state index in [-0.39, 0.29) is 6.61 Å². The molecule has 86 valence electrons. The van der Waals surface area contributed by atoms with Crippen LogP contribution in [0.25, 0.3) is 0 Å². The van der Waals surface area contributed by atoms with E-state index < -0.39 is 0 Å². The van der Waals surface area contributed by atoms with Gasteiger partial charge in [0.05, 0.1) is 10.7 Å². The van der Waals surface area contributed by atoms with Crippen molar-refractivity contribution in [3.05, 3.63) is 16.1 Å². The number of rotatable bonds is 7. The summed E-state index contributed by atoms with van der Waals surface area (Å²) < 4.78 is 0. The molecule has 0 aliphatic rings. The second kappa shape index (κ2) is 7.25. The topological polar surface area (TPSA) is 33.1 Å². The third kappa shape index (κ3) is 5.00. The van der Waals surface area contributed by atoms with Crippen LogP contribution in [0.15, 0.2) is 5.38 Å². The first-order valence-electron chi connectivity index (χ1n) is 5.38. The highest BCUT2D eigenvalue weighted by atomic mass is 32.2. The Kier molecular flexibility index (Phi) is 6.29. The number of aromatic nitrogens is 1. The second-order valence-electron chi connectivity index (χ2n) is 3.79. The van der Waals surface area contributed by atoms with E-state index >= 15 is 0 Å². The van der Waals surface area contributed by atoms with Gasteiger partial charge >= 0.3 is 0 Å². The molecule has 1 aromatic heterocycles. The number of hydrogen-bond acceptors (Lipinski definition) is 4. The van der Waals surface area contributed by atoms with Crippen LogP contribution in [0.2, 0.25) is 0 Å². The maximum atomic E-state index is 8.88. The molecular formula is C11H19NOS2. The zero-order chi connectivity index (χ0) is 11.1. The van der Waals surface area contributed by atoms with Crippen molar-refractivity contribution < 1.29 is 5.11 Å². The van der Waals surface area contributed by atoms with E-state index in [4.69, 9.17) is 5.11 Å². The highest BCUT2D eigenvalue weighted by Gasteiger charge is 2.03. The zero-order valence-corrected chi connectivity index (χ0v) is 11.0. The Morgan fingerprint density at radius 2 is 2.40 bits per heavy atom. The highest BCUT2D eigenvalue weighted by molar-refractivity contribution is 7.98. The molecule has 2 nitrogen and oxygen atoms in total. The summed E-state index contributed by atoms with van der Waals surface area (Å²) in [6, 6.07) is 0. The molecule has 1 heterocycles. The summed E-state index contributed by atoms with van der Waals surface area (Å²) in [4.78, 5) is 4.56. The van der Waals surface area contributed by atoms with Gasteiger partial charge in [0.1, 0.15) is 0 Å². The fourth-order valence-corrected chi connectivity index (χ4v) is 3.15. The molecule has 0 bridgehead atoms. The van der Waals surface area contributed by atoms with Crippen LogP contribution in [0.4, 0.5) is 0 Å². The summed E-state index contributed by atoms with van der Waals surface area (Å²) in [5.74, 6) is 2.38. The molecule has 1 aromatic rings. The van der Waals surface area contributed by atoms with Gasteiger partial charge in [0.25, 0.3) is 0 Å². The largest absolute Gasteiger partial charge is 0.396 e. The minimum Gasteiger partial charge on any atom is -0.396 e. The van der Waals surface area contributed by atoms with Gasteiger partial charge in [-0.25, -0.2) is 4.98 Å². The zero-order valence-electron chi connectivity index (χ0n) is 9.40. The first-order valence-corrected chi connectivity index (χ1v) is 7.41. The summed E-state index contributed by atoms with van der Waals surface area (Å²) in [5, 5.41) is 12.3. The number of aliphatic hydroxyl groups is 1. The predicted octanol–water partition coefficient (Wildman–Crippen LogP) is 2.96. The van der Waals surface area contributed by atoms with Crippen molar-refractivity contribution in [2.45, 2.75) is 32.4 Å². The van der Waals surface area contributed by atoms with Gasteiger partial charge in [-0.05, 0) is 24.5 Å². The first kappa shape index (κ1) is 13.0. The van der Waals surface area contributed by atoms with Crippen LogP contribution < -0.4 is 0 Å². The van der Waals surface area contributed by atoms with Gasteiger partial charge in [0.15, 0.2) is 0 Å². The lowest BCUT2D eigenvalue weighted by Crippen LogP contribution is -2.03. The Morgan fingerprint density at radius 3 is 3.07 bits per heavy atom. The summed E-state index contributed by atoms with van der Waals surface area (Å²) >= 11 is 3.62. The summed E-state index contributed by atoms with van der Waals surface area (Å²) in [6.07, 6.45) is 2.27. The first-order chi connectivity index (χ1) is 7.26. The molecule has 0 spiro atoms. The van der Waals surface area contributed by atoms with E-state index in [0.29, 0.717) is 5.92 Å². The van der Waals surface area contributed by atoms with E-state index in [0.717, 1.165) is 17.9 Å². The summed E-state index contributed by atoms with van der Waals surface area (Å²) in [5.41, 5.74) is 1.19. The molecule has 4 heteroatoms. The van der Waals surface area contributed by atoms with Crippen molar-refractivity contribution in [2.75, 3.05) is 12.4 Å². The quantitative estimate of drug-likeness (QED) is 0.802. The highest BCUT2D eigenvalue weighted by Crippen LogP contribution is 2.18. The van der Waals surface area contributed by atoms with Crippen LogP contribution in [0.1, 0.15) is 31.0 Å². The number of thiazole rings is 1. The molecular weight excluding hydrogens is 226 g/mol. The van der Waals surface area contributed by atoms with Crippen LogP contribution >= 0.6 is 23.1 Å². The van der Waals surface area contributed by atoms with Gasteiger partial charge in [-0.1, -0.05) is 13.8 Å². The Bertz CT molecular complexity index is 275. The SMILES string of the molecule is CCCc1nc(CSCC(C)CO)cs1. The van der Waals surface area contributed by atoms with Crippen LogP contribution in [0, 0.1) is 5.92 Å². The molecule has 0 saturated carbocycles. The van der Waals surface area contributed by atoms with Gasteiger partial charge in [-0.3, -0.25) is 0 Å². The molecule has 1 unspecified atom stereocenters. The lowest BCUT2D eigenvalue weighted by atomic mass is 10.2. The van der Waals surface area contributed by atoms with Crippen molar-refractivity contribution in [3.63, 3.8) is 0 Å². The van der Waals surface area contributed by atoms with Crippen molar-refractivity contribution in [3.8, 4) is 0 Å². The van der Waals surface area contributed by atoms with Gasteiger partial charge in [0, 0.05) is 17.7 Å². The maximum absolute atomic E-state index is 8.88. The van der Waals surface area contributed by atoms with Gasteiger partial charge in [-0.15, -0.1) is 11.3 Å². The van der Waals surface area contributed by atoms with Crippen LogP contribution in [-0.4, -0.2) is 22.5 Å². The molecule has 1 atom stereocenters. The minimum atomic E-state index is 0.283. The maximum Gasteiger partial charge on any atom is 0.0928 e. The molecule has 0 aliphatic heterocycles. The Hall–Kier alpha value is -0.0600. The van der Waals surface area contributed by atoms with Crippen molar-refractivity contribution in [2.24, 2.45) is 5.92 Å². The number of aryl methyl sites for hydroxylation is 1. The fourth-order valence-electron chi connectivity index (χ4n) is 1.16. The van der Waals surface area contributed by atoms with Gasteiger partial charge < -0.3 is 5.11 Å². The lowest BCUT2D eigenvalue weighted by molar-refractivity contribution is 0.250. The molecule has 1 N–H and O–H groups in total. The van der Waals surface area contributed by atoms with E-state index in [1.54, 1.807) is 11.3 Å². The molecule has 0 aromatic carbocycles. The summed E-state index contributed by atoms with van der Waals surface area (Å²) in [7, 11) is 0. The third-order valence-corrected chi connectivity index (χ3v) is 4.29. The van der Waals surface area contributed by atoms with Crippen LogP contribution in [-0.2, 0) is 12.2 Å².